The fraction of sp³-hybridized carbons (Fsp3) is 0.292. The third-order valence-corrected chi connectivity index (χ3v) is 6.18. The number of carbonyl (C=O) groups is 1. The first-order valence-corrected chi connectivity index (χ1v) is 9.99. The first-order valence-electron chi connectivity index (χ1n) is 9.99. The minimum Gasteiger partial charge on any atom is -0.370 e. The van der Waals surface area contributed by atoms with Crippen molar-refractivity contribution >= 4 is 11.6 Å². The molecule has 1 fully saturated rings. The molecule has 3 aromatic rings. The van der Waals surface area contributed by atoms with Crippen LogP contribution in [-0.2, 0) is 10.2 Å². The summed E-state index contributed by atoms with van der Waals surface area (Å²) in [6.07, 6.45) is 2.56. The summed E-state index contributed by atoms with van der Waals surface area (Å²) in [7, 11) is 0. The Morgan fingerprint density at radius 3 is 2.48 bits per heavy atom. The number of hydrogen-bond acceptors (Lipinski definition) is 4. The second kappa shape index (κ2) is 6.41. The third kappa shape index (κ3) is 2.97. The topological polar surface area (TPSA) is 81.5 Å². The molecule has 1 aliphatic carbocycles. The summed E-state index contributed by atoms with van der Waals surface area (Å²) < 4.78 is 5.63. The lowest BCUT2D eigenvalue weighted by molar-refractivity contribution is -0.118. The molecule has 1 aliphatic heterocycles. The van der Waals surface area contributed by atoms with Gasteiger partial charge in [0, 0.05) is 11.1 Å². The van der Waals surface area contributed by atoms with Crippen LogP contribution in [0.5, 0.6) is 0 Å². The van der Waals surface area contributed by atoms with Crippen LogP contribution in [0.15, 0.2) is 58.0 Å². The summed E-state index contributed by atoms with van der Waals surface area (Å²) in [5, 5.41) is 4.14. The Labute approximate surface area is 169 Å². The zero-order chi connectivity index (χ0) is 20.2. The molecule has 1 aromatic heterocycles. The van der Waals surface area contributed by atoms with E-state index in [1.165, 1.54) is 18.4 Å². The standard InChI is InChI=1S/C24H23N3O2/c1-14-21-17-5-3-4-6-18(17)22(26-19(13-20(25)28)23(21)29-27-14)15-7-9-16(10-8-15)24(2)11-12-24/h3-10,19H,11-13H2,1-2H3,(H2,25,28)/t19-/m0/s1. The molecule has 0 radical (unpaired) electrons. The van der Waals surface area contributed by atoms with Crippen LogP contribution < -0.4 is 5.73 Å². The molecule has 0 spiro atoms. The number of nitrogens with two attached hydrogens (primary N) is 1. The zero-order valence-corrected chi connectivity index (χ0v) is 16.6. The number of rotatable bonds is 4. The van der Waals surface area contributed by atoms with Crippen LogP contribution in [0, 0.1) is 6.92 Å². The number of benzene rings is 2. The minimum absolute atomic E-state index is 0.0786. The molecule has 1 saturated carbocycles. The van der Waals surface area contributed by atoms with E-state index < -0.39 is 11.9 Å². The Kier molecular flexibility index (Phi) is 3.95. The Balaban J connectivity index is 1.69. The van der Waals surface area contributed by atoms with Gasteiger partial charge >= 0.3 is 0 Å². The number of hydrogen-bond donors (Lipinski definition) is 1. The molecular formula is C24H23N3O2. The summed E-state index contributed by atoms with van der Waals surface area (Å²) in [5.41, 5.74) is 12.8. The number of fused-ring (bicyclic) bond motifs is 3. The molecule has 0 unspecified atom stereocenters. The highest BCUT2D eigenvalue weighted by molar-refractivity contribution is 6.17. The summed E-state index contributed by atoms with van der Waals surface area (Å²) in [5.74, 6) is 0.187. The number of amides is 1. The minimum atomic E-state index is -0.494. The summed E-state index contributed by atoms with van der Waals surface area (Å²) in [4.78, 5) is 16.7. The van der Waals surface area contributed by atoms with Crippen molar-refractivity contribution < 1.29 is 9.32 Å². The van der Waals surface area contributed by atoms with E-state index in [0.29, 0.717) is 11.2 Å². The average Bonchev–Trinajstić information content (AvgIpc) is 3.38. The van der Waals surface area contributed by atoms with Gasteiger partial charge in [0.05, 0.1) is 23.4 Å². The number of aryl methyl sites for hydroxylation is 1. The van der Waals surface area contributed by atoms with E-state index in [2.05, 4.69) is 48.5 Å². The third-order valence-electron chi connectivity index (χ3n) is 6.18. The van der Waals surface area contributed by atoms with Crippen molar-refractivity contribution in [3.8, 4) is 11.1 Å². The Morgan fingerprint density at radius 2 is 1.83 bits per heavy atom. The second-order valence-corrected chi connectivity index (χ2v) is 8.35. The van der Waals surface area contributed by atoms with Gasteiger partial charge in [0.1, 0.15) is 6.04 Å². The van der Waals surface area contributed by atoms with Crippen LogP contribution in [-0.4, -0.2) is 16.8 Å². The maximum Gasteiger partial charge on any atom is 0.220 e. The predicted molar refractivity (Wildman–Crippen MR) is 112 cm³/mol. The molecule has 0 bridgehead atoms. The van der Waals surface area contributed by atoms with Crippen molar-refractivity contribution in [2.75, 3.05) is 0 Å². The molecule has 146 valence electrons. The number of carbonyl (C=O) groups excluding carboxylic acids is 1. The van der Waals surface area contributed by atoms with Gasteiger partial charge in [0.15, 0.2) is 5.76 Å². The quantitative estimate of drug-likeness (QED) is 0.719. The number of aromatic nitrogens is 1. The molecule has 5 heteroatoms. The highest BCUT2D eigenvalue weighted by Gasteiger charge is 2.39. The zero-order valence-electron chi connectivity index (χ0n) is 16.6. The molecule has 2 aliphatic rings. The summed E-state index contributed by atoms with van der Waals surface area (Å²) in [6, 6.07) is 16.3. The van der Waals surface area contributed by atoms with Crippen molar-refractivity contribution in [2.24, 2.45) is 10.7 Å². The fourth-order valence-electron chi connectivity index (χ4n) is 4.20. The highest BCUT2D eigenvalue weighted by Crippen LogP contribution is 2.47. The van der Waals surface area contributed by atoms with Gasteiger partial charge in [-0.05, 0) is 36.3 Å². The van der Waals surface area contributed by atoms with Crippen molar-refractivity contribution in [1.29, 1.82) is 0 Å². The number of aliphatic imine (C=N–C) groups is 1. The van der Waals surface area contributed by atoms with Crippen LogP contribution in [0.25, 0.3) is 11.1 Å². The maximum atomic E-state index is 11.8. The van der Waals surface area contributed by atoms with Gasteiger partial charge in [-0.25, -0.2) is 0 Å². The van der Waals surface area contributed by atoms with Gasteiger partial charge in [0.25, 0.3) is 0 Å². The second-order valence-electron chi connectivity index (χ2n) is 8.35. The lowest BCUT2D eigenvalue weighted by atomic mass is 9.91. The average molecular weight is 385 g/mol. The first kappa shape index (κ1) is 17.9. The first-order chi connectivity index (χ1) is 14.0. The van der Waals surface area contributed by atoms with E-state index in [4.69, 9.17) is 15.2 Å². The van der Waals surface area contributed by atoms with Gasteiger partial charge in [-0.2, -0.15) is 0 Å². The summed E-state index contributed by atoms with van der Waals surface area (Å²) >= 11 is 0. The van der Waals surface area contributed by atoms with Gasteiger partial charge in [-0.3, -0.25) is 9.79 Å². The van der Waals surface area contributed by atoms with Gasteiger partial charge < -0.3 is 10.3 Å². The van der Waals surface area contributed by atoms with Crippen LogP contribution >= 0.6 is 0 Å². The van der Waals surface area contributed by atoms with E-state index in [0.717, 1.165) is 33.7 Å². The van der Waals surface area contributed by atoms with Gasteiger partial charge in [-0.1, -0.05) is 60.6 Å². The molecular weight excluding hydrogens is 362 g/mol. The molecule has 5 nitrogen and oxygen atoms in total. The van der Waals surface area contributed by atoms with Crippen molar-refractivity contribution in [3.63, 3.8) is 0 Å². The van der Waals surface area contributed by atoms with Crippen molar-refractivity contribution in [2.45, 2.75) is 44.6 Å². The van der Waals surface area contributed by atoms with Crippen molar-refractivity contribution in [1.82, 2.24) is 5.16 Å². The monoisotopic (exact) mass is 385 g/mol. The molecule has 2 N–H and O–H groups in total. The normalized spacial score (nSPS) is 19.0. The molecule has 2 heterocycles. The smallest absolute Gasteiger partial charge is 0.220 e. The molecule has 1 amide bonds. The summed E-state index contributed by atoms with van der Waals surface area (Å²) in [6.45, 7) is 4.22. The number of primary amides is 1. The van der Waals surface area contributed by atoms with Crippen LogP contribution in [0.2, 0.25) is 0 Å². The maximum absolute atomic E-state index is 11.8. The highest BCUT2D eigenvalue weighted by atomic mass is 16.5. The lowest BCUT2D eigenvalue weighted by Gasteiger charge is -2.13. The molecule has 29 heavy (non-hydrogen) atoms. The largest absolute Gasteiger partial charge is 0.370 e. The molecule has 2 aromatic carbocycles. The van der Waals surface area contributed by atoms with Crippen LogP contribution in [0.3, 0.4) is 0 Å². The van der Waals surface area contributed by atoms with E-state index in [9.17, 15) is 4.79 Å². The van der Waals surface area contributed by atoms with Gasteiger partial charge in [0.2, 0.25) is 5.91 Å². The van der Waals surface area contributed by atoms with Gasteiger partial charge in [-0.15, -0.1) is 0 Å². The molecule has 5 rings (SSSR count). The van der Waals surface area contributed by atoms with E-state index in [1.54, 1.807) is 0 Å². The number of nitrogens with zero attached hydrogens (tertiary/aromatic N) is 2. The SMILES string of the molecule is Cc1noc2c1-c1ccccc1C(c1ccc(C3(C)CC3)cc1)=N[C@H]2CC(N)=O. The molecule has 1 atom stereocenters. The fourth-order valence-corrected chi connectivity index (χ4v) is 4.20. The lowest BCUT2D eigenvalue weighted by Crippen LogP contribution is -2.15. The Bertz CT molecular complexity index is 1140. The van der Waals surface area contributed by atoms with E-state index in [-0.39, 0.29) is 6.42 Å². The van der Waals surface area contributed by atoms with Crippen LogP contribution in [0.1, 0.15) is 60.4 Å². The Hall–Kier alpha value is -3.21. The van der Waals surface area contributed by atoms with E-state index in [1.807, 2.05) is 19.1 Å². The van der Waals surface area contributed by atoms with Crippen molar-refractivity contribution in [3.05, 3.63) is 76.7 Å². The molecule has 0 saturated heterocycles. The van der Waals surface area contributed by atoms with Crippen LogP contribution in [0.4, 0.5) is 0 Å². The Morgan fingerprint density at radius 1 is 1.14 bits per heavy atom. The van der Waals surface area contributed by atoms with E-state index >= 15 is 0 Å². The predicted octanol–water partition coefficient (Wildman–Crippen LogP) is 4.47.